The van der Waals surface area contributed by atoms with Gasteiger partial charge in [-0.05, 0) is 53.3 Å². The molecule has 0 spiro atoms. The molecule has 7 heteroatoms. The summed E-state index contributed by atoms with van der Waals surface area (Å²) < 4.78 is 1.48. The van der Waals surface area contributed by atoms with Crippen molar-refractivity contribution in [1.82, 2.24) is 4.98 Å². The molecule has 0 radical (unpaired) electrons. The summed E-state index contributed by atoms with van der Waals surface area (Å²) in [6, 6.07) is 5.25. The van der Waals surface area contributed by atoms with E-state index in [1.165, 1.54) is 11.3 Å². The first-order valence-corrected chi connectivity index (χ1v) is 7.79. The number of halogens is 2. The summed E-state index contributed by atoms with van der Waals surface area (Å²) in [5.41, 5.74) is 1.60. The fraction of sp³-hybridized carbons (Fsp3) is 0.167. The zero-order valence-electron chi connectivity index (χ0n) is 9.92. The Morgan fingerprint density at radius 1 is 1.58 bits per heavy atom. The number of benzene rings is 1. The standard InChI is InChI=1S/C12H10BrClN2OS2/c1-6-10(19-12(18)15-6)5-11(17)16-9-4-7(14)2-3-8(9)13/h2-4H,5H2,1H3,(H,15,18)(H,16,17). The average molecular weight is 378 g/mol. The van der Waals surface area contributed by atoms with Crippen molar-refractivity contribution in [3.8, 4) is 0 Å². The van der Waals surface area contributed by atoms with Gasteiger partial charge in [0.25, 0.3) is 0 Å². The van der Waals surface area contributed by atoms with Crippen LogP contribution in [-0.4, -0.2) is 10.9 Å². The third-order valence-electron chi connectivity index (χ3n) is 2.45. The maximum atomic E-state index is 12.0. The van der Waals surface area contributed by atoms with Gasteiger partial charge in [-0.25, -0.2) is 0 Å². The molecule has 2 rings (SSSR count). The van der Waals surface area contributed by atoms with Crippen LogP contribution in [0.15, 0.2) is 22.7 Å². The monoisotopic (exact) mass is 376 g/mol. The highest BCUT2D eigenvalue weighted by atomic mass is 79.9. The fourth-order valence-corrected chi connectivity index (χ4v) is 3.35. The van der Waals surface area contributed by atoms with Gasteiger partial charge < -0.3 is 10.3 Å². The Morgan fingerprint density at radius 3 is 2.95 bits per heavy atom. The van der Waals surface area contributed by atoms with Crippen molar-refractivity contribution in [2.75, 3.05) is 5.32 Å². The number of carbonyl (C=O) groups excluding carboxylic acids is 1. The van der Waals surface area contributed by atoms with E-state index in [-0.39, 0.29) is 5.91 Å². The third kappa shape index (κ3) is 3.89. The summed E-state index contributed by atoms with van der Waals surface area (Å²) in [5.74, 6) is -0.101. The molecule has 0 aliphatic rings. The van der Waals surface area contributed by atoms with E-state index in [1.807, 2.05) is 6.92 Å². The van der Waals surface area contributed by atoms with Gasteiger partial charge in [-0.1, -0.05) is 11.6 Å². The lowest BCUT2D eigenvalue weighted by molar-refractivity contribution is -0.115. The molecule has 1 amide bonds. The van der Waals surface area contributed by atoms with Gasteiger partial charge in [-0.3, -0.25) is 4.79 Å². The van der Waals surface area contributed by atoms with E-state index >= 15 is 0 Å². The van der Waals surface area contributed by atoms with Gasteiger partial charge in [0.2, 0.25) is 5.91 Å². The zero-order chi connectivity index (χ0) is 14.0. The summed E-state index contributed by atoms with van der Waals surface area (Å²) in [5, 5.41) is 3.40. The van der Waals surface area contributed by atoms with Crippen LogP contribution in [0.4, 0.5) is 5.69 Å². The van der Waals surface area contributed by atoms with Crippen molar-refractivity contribution < 1.29 is 4.79 Å². The number of aryl methyl sites for hydroxylation is 1. The van der Waals surface area contributed by atoms with Crippen LogP contribution in [0.5, 0.6) is 0 Å². The van der Waals surface area contributed by atoms with Crippen molar-refractivity contribution in [1.29, 1.82) is 0 Å². The van der Waals surface area contributed by atoms with Crippen LogP contribution in [0, 0.1) is 10.9 Å². The van der Waals surface area contributed by atoms with Crippen LogP contribution < -0.4 is 5.32 Å². The summed E-state index contributed by atoms with van der Waals surface area (Å²) in [6.07, 6.45) is 0.294. The highest BCUT2D eigenvalue weighted by molar-refractivity contribution is 9.10. The number of anilines is 1. The van der Waals surface area contributed by atoms with E-state index in [4.69, 9.17) is 23.8 Å². The minimum absolute atomic E-state index is 0.101. The summed E-state index contributed by atoms with van der Waals surface area (Å²) in [6.45, 7) is 1.91. The number of aromatic amines is 1. The maximum absolute atomic E-state index is 12.0. The van der Waals surface area contributed by atoms with E-state index < -0.39 is 0 Å². The molecular formula is C12H10BrClN2OS2. The number of aromatic nitrogens is 1. The fourth-order valence-electron chi connectivity index (χ4n) is 1.54. The Hall–Kier alpha value is -0.690. The molecule has 0 fully saturated rings. The zero-order valence-corrected chi connectivity index (χ0v) is 13.9. The topological polar surface area (TPSA) is 44.9 Å². The number of rotatable bonds is 3. The second-order valence-electron chi connectivity index (χ2n) is 3.91. The first-order chi connectivity index (χ1) is 8.95. The lowest BCUT2D eigenvalue weighted by Gasteiger charge is -2.07. The molecule has 1 aromatic heterocycles. The Morgan fingerprint density at radius 2 is 2.32 bits per heavy atom. The van der Waals surface area contributed by atoms with Gasteiger partial charge in [-0.15, -0.1) is 11.3 Å². The van der Waals surface area contributed by atoms with Gasteiger partial charge in [-0.2, -0.15) is 0 Å². The second kappa shape index (κ2) is 6.17. The molecule has 0 saturated heterocycles. The molecule has 0 saturated carbocycles. The van der Waals surface area contributed by atoms with Gasteiger partial charge in [0.15, 0.2) is 3.95 Å². The molecule has 1 aromatic carbocycles. The predicted molar refractivity (Wildman–Crippen MR) is 85.7 cm³/mol. The van der Waals surface area contributed by atoms with E-state index in [0.29, 0.717) is 21.1 Å². The van der Waals surface area contributed by atoms with Crippen molar-refractivity contribution in [2.24, 2.45) is 0 Å². The molecule has 0 aliphatic carbocycles. The largest absolute Gasteiger partial charge is 0.341 e. The maximum Gasteiger partial charge on any atom is 0.229 e. The number of H-pyrrole nitrogens is 1. The summed E-state index contributed by atoms with van der Waals surface area (Å²) in [7, 11) is 0. The molecule has 3 nitrogen and oxygen atoms in total. The molecule has 2 aromatic rings. The summed E-state index contributed by atoms with van der Waals surface area (Å²) >= 11 is 15.7. The highest BCUT2D eigenvalue weighted by Gasteiger charge is 2.10. The molecule has 0 bridgehead atoms. The lowest BCUT2D eigenvalue weighted by Crippen LogP contribution is -2.14. The number of hydrogen-bond donors (Lipinski definition) is 2. The van der Waals surface area contributed by atoms with E-state index in [0.717, 1.165) is 15.0 Å². The van der Waals surface area contributed by atoms with Gasteiger partial charge >= 0.3 is 0 Å². The molecule has 0 aliphatic heterocycles. The first kappa shape index (κ1) is 14.7. The Bertz CT molecular complexity index is 681. The van der Waals surface area contributed by atoms with Gasteiger partial charge in [0.05, 0.1) is 12.1 Å². The second-order valence-corrected chi connectivity index (χ2v) is 6.97. The molecular weight excluding hydrogens is 368 g/mol. The molecule has 0 atom stereocenters. The Labute approximate surface area is 133 Å². The van der Waals surface area contributed by atoms with Gasteiger partial charge in [0.1, 0.15) is 0 Å². The van der Waals surface area contributed by atoms with Crippen LogP contribution in [0.3, 0.4) is 0 Å². The molecule has 0 unspecified atom stereocenters. The SMILES string of the molecule is Cc1[nH]c(=S)sc1CC(=O)Nc1cc(Cl)ccc1Br. The van der Waals surface area contributed by atoms with Crippen molar-refractivity contribution >= 4 is 62.7 Å². The molecule has 1 heterocycles. The Kier molecular flexibility index (Phi) is 4.78. The molecule has 19 heavy (non-hydrogen) atoms. The molecule has 2 N–H and O–H groups in total. The lowest BCUT2D eigenvalue weighted by atomic mass is 10.2. The van der Waals surface area contributed by atoms with Crippen molar-refractivity contribution in [3.63, 3.8) is 0 Å². The van der Waals surface area contributed by atoms with Crippen LogP contribution in [0.2, 0.25) is 5.02 Å². The van der Waals surface area contributed by atoms with Gasteiger partial charge in [0, 0.05) is 20.1 Å². The van der Waals surface area contributed by atoms with E-state index in [2.05, 4.69) is 26.2 Å². The predicted octanol–water partition coefficient (Wildman–Crippen LogP) is 4.71. The van der Waals surface area contributed by atoms with E-state index in [9.17, 15) is 4.79 Å². The van der Waals surface area contributed by atoms with E-state index in [1.54, 1.807) is 18.2 Å². The number of hydrogen-bond acceptors (Lipinski definition) is 3. The summed E-state index contributed by atoms with van der Waals surface area (Å²) in [4.78, 5) is 16.0. The number of thiazole rings is 1. The van der Waals surface area contributed by atoms with Crippen LogP contribution in [0.1, 0.15) is 10.6 Å². The first-order valence-electron chi connectivity index (χ1n) is 5.39. The third-order valence-corrected chi connectivity index (χ3v) is 4.71. The minimum Gasteiger partial charge on any atom is -0.341 e. The van der Waals surface area contributed by atoms with Crippen LogP contribution in [-0.2, 0) is 11.2 Å². The quantitative estimate of drug-likeness (QED) is 0.761. The molecule has 100 valence electrons. The smallest absolute Gasteiger partial charge is 0.229 e. The average Bonchev–Trinajstić information content (AvgIpc) is 2.62. The van der Waals surface area contributed by atoms with Crippen LogP contribution >= 0.6 is 51.1 Å². The number of nitrogens with one attached hydrogen (secondary N) is 2. The number of amides is 1. The minimum atomic E-state index is -0.101. The van der Waals surface area contributed by atoms with Crippen molar-refractivity contribution in [3.05, 3.63) is 42.2 Å². The number of carbonyl (C=O) groups is 1. The van der Waals surface area contributed by atoms with Crippen LogP contribution in [0.25, 0.3) is 0 Å². The normalized spacial score (nSPS) is 10.5. The Balaban J connectivity index is 2.11. The van der Waals surface area contributed by atoms with Crippen molar-refractivity contribution in [2.45, 2.75) is 13.3 Å². The highest BCUT2D eigenvalue weighted by Crippen LogP contribution is 2.26.